The van der Waals surface area contributed by atoms with Crippen LogP contribution in [-0.4, -0.2) is 38.8 Å². The third-order valence-electron chi connectivity index (χ3n) is 4.53. The molecule has 1 fully saturated rings. The Bertz CT molecular complexity index is 703. The third-order valence-corrected chi connectivity index (χ3v) is 4.53. The van der Waals surface area contributed by atoms with Gasteiger partial charge in [0.1, 0.15) is 18.5 Å². The number of piperidine rings is 1. The fourth-order valence-electron chi connectivity index (χ4n) is 3.00. The van der Waals surface area contributed by atoms with E-state index < -0.39 is 0 Å². The standard InChI is InChI=1S/C17H22FN5O/c1-12-5-6-14(8-16(12)18)13(2)21-17(24)22-7-3-4-15(9-22)23-11-19-10-20-23/h5-6,8,10-11,13,15H,3-4,7,9H2,1-2H3,(H,21,24)/t13-,15+/m0/s1. The number of amides is 2. The Kier molecular flexibility index (Phi) is 4.78. The SMILES string of the molecule is Cc1ccc([C@H](C)NC(=O)N2CCC[C@@H](n3cncn3)C2)cc1F. The Balaban J connectivity index is 1.62. The highest BCUT2D eigenvalue weighted by Crippen LogP contribution is 2.21. The maximum Gasteiger partial charge on any atom is 0.317 e. The van der Waals surface area contributed by atoms with Crippen LogP contribution in [0.5, 0.6) is 0 Å². The van der Waals surface area contributed by atoms with Gasteiger partial charge in [-0.2, -0.15) is 5.10 Å². The molecule has 2 atom stereocenters. The highest BCUT2D eigenvalue weighted by atomic mass is 19.1. The molecule has 2 heterocycles. The van der Waals surface area contributed by atoms with Gasteiger partial charge in [-0.15, -0.1) is 0 Å². The lowest BCUT2D eigenvalue weighted by atomic mass is 10.1. The van der Waals surface area contributed by atoms with E-state index in [-0.39, 0.29) is 23.9 Å². The quantitative estimate of drug-likeness (QED) is 0.941. The number of nitrogens with zero attached hydrogens (tertiary/aromatic N) is 4. The van der Waals surface area contributed by atoms with Crippen LogP contribution >= 0.6 is 0 Å². The number of carbonyl (C=O) groups is 1. The van der Waals surface area contributed by atoms with Crippen molar-refractivity contribution in [2.24, 2.45) is 0 Å². The number of likely N-dealkylation sites (tertiary alicyclic amines) is 1. The normalized spacial score (nSPS) is 19.1. The van der Waals surface area contributed by atoms with Crippen molar-refractivity contribution in [1.29, 1.82) is 0 Å². The summed E-state index contributed by atoms with van der Waals surface area (Å²) >= 11 is 0. The molecule has 1 N–H and O–H groups in total. The average molecular weight is 331 g/mol. The molecule has 0 bridgehead atoms. The van der Waals surface area contributed by atoms with Gasteiger partial charge in [-0.3, -0.25) is 0 Å². The number of benzene rings is 1. The summed E-state index contributed by atoms with van der Waals surface area (Å²) in [4.78, 5) is 18.3. The van der Waals surface area contributed by atoms with E-state index in [0.717, 1.165) is 18.4 Å². The van der Waals surface area contributed by atoms with Crippen molar-refractivity contribution in [2.45, 2.75) is 38.8 Å². The van der Waals surface area contributed by atoms with Crippen molar-refractivity contribution in [1.82, 2.24) is 25.0 Å². The summed E-state index contributed by atoms with van der Waals surface area (Å²) in [5.41, 5.74) is 1.36. The number of aromatic nitrogens is 3. The van der Waals surface area contributed by atoms with Crippen molar-refractivity contribution < 1.29 is 9.18 Å². The van der Waals surface area contributed by atoms with Crippen LogP contribution in [0.25, 0.3) is 0 Å². The van der Waals surface area contributed by atoms with Gasteiger partial charge in [0.25, 0.3) is 0 Å². The van der Waals surface area contributed by atoms with Crippen molar-refractivity contribution >= 4 is 6.03 Å². The Morgan fingerprint density at radius 2 is 2.29 bits per heavy atom. The molecular weight excluding hydrogens is 309 g/mol. The molecule has 2 amide bonds. The minimum atomic E-state index is -0.252. The van der Waals surface area contributed by atoms with Crippen molar-refractivity contribution in [2.75, 3.05) is 13.1 Å². The van der Waals surface area contributed by atoms with Gasteiger partial charge in [0.05, 0.1) is 12.1 Å². The maximum atomic E-state index is 13.7. The van der Waals surface area contributed by atoms with Gasteiger partial charge in [-0.05, 0) is 43.9 Å². The van der Waals surface area contributed by atoms with E-state index in [0.29, 0.717) is 18.7 Å². The lowest BCUT2D eigenvalue weighted by Crippen LogP contribution is -2.46. The van der Waals surface area contributed by atoms with Crippen molar-refractivity contribution in [3.8, 4) is 0 Å². The van der Waals surface area contributed by atoms with Crippen molar-refractivity contribution in [3.05, 3.63) is 47.8 Å². The zero-order valence-electron chi connectivity index (χ0n) is 13.9. The van der Waals surface area contributed by atoms with Crippen LogP contribution in [0.3, 0.4) is 0 Å². The van der Waals surface area contributed by atoms with E-state index in [9.17, 15) is 9.18 Å². The summed E-state index contributed by atoms with van der Waals surface area (Å²) < 4.78 is 15.5. The molecule has 0 radical (unpaired) electrons. The largest absolute Gasteiger partial charge is 0.331 e. The molecule has 3 rings (SSSR count). The summed E-state index contributed by atoms with van der Waals surface area (Å²) in [5.74, 6) is -0.252. The second-order valence-corrected chi connectivity index (χ2v) is 6.30. The first-order valence-electron chi connectivity index (χ1n) is 8.20. The van der Waals surface area contributed by atoms with Gasteiger partial charge in [0.2, 0.25) is 0 Å². The number of aryl methyl sites for hydroxylation is 1. The molecule has 0 spiro atoms. The zero-order chi connectivity index (χ0) is 17.1. The summed E-state index contributed by atoms with van der Waals surface area (Å²) in [6, 6.07) is 4.83. The van der Waals surface area contributed by atoms with Crippen LogP contribution in [-0.2, 0) is 0 Å². The number of nitrogens with one attached hydrogen (secondary N) is 1. The smallest absolute Gasteiger partial charge is 0.317 e. The number of hydrogen-bond acceptors (Lipinski definition) is 3. The van der Waals surface area contributed by atoms with E-state index in [2.05, 4.69) is 15.4 Å². The number of halogens is 1. The minimum Gasteiger partial charge on any atom is -0.331 e. The van der Waals surface area contributed by atoms with E-state index in [4.69, 9.17) is 0 Å². The van der Waals surface area contributed by atoms with Crippen molar-refractivity contribution in [3.63, 3.8) is 0 Å². The Morgan fingerprint density at radius 1 is 1.46 bits per heavy atom. The summed E-state index contributed by atoms with van der Waals surface area (Å²) in [5, 5.41) is 7.12. The minimum absolute atomic E-state index is 0.131. The van der Waals surface area contributed by atoms with Gasteiger partial charge in [-0.1, -0.05) is 12.1 Å². The van der Waals surface area contributed by atoms with Crippen LogP contribution in [0, 0.1) is 12.7 Å². The van der Waals surface area contributed by atoms with Crippen LogP contribution in [0.1, 0.15) is 43.0 Å². The third kappa shape index (κ3) is 3.55. The Labute approximate surface area is 140 Å². The highest BCUT2D eigenvalue weighted by Gasteiger charge is 2.26. The van der Waals surface area contributed by atoms with Crippen LogP contribution in [0.15, 0.2) is 30.9 Å². The first kappa shape index (κ1) is 16.4. The second-order valence-electron chi connectivity index (χ2n) is 6.30. The van der Waals surface area contributed by atoms with E-state index >= 15 is 0 Å². The Hall–Kier alpha value is -2.44. The first-order chi connectivity index (χ1) is 11.5. The molecule has 0 unspecified atom stereocenters. The summed E-state index contributed by atoms with van der Waals surface area (Å²) in [6.45, 7) is 4.90. The summed E-state index contributed by atoms with van der Waals surface area (Å²) in [7, 11) is 0. The highest BCUT2D eigenvalue weighted by molar-refractivity contribution is 5.74. The van der Waals surface area contributed by atoms with Gasteiger partial charge >= 0.3 is 6.03 Å². The molecule has 1 aliphatic heterocycles. The maximum absolute atomic E-state index is 13.7. The molecule has 0 saturated carbocycles. The molecule has 1 aromatic carbocycles. The van der Waals surface area contributed by atoms with Gasteiger partial charge in [0.15, 0.2) is 0 Å². The molecule has 2 aromatic rings. The molecular formula is C17H22FN5O. The molecule has 1 aromatic heterocycles. The molecule has 0 aliphatic carbocycles. The van der Waals surface area contributed by atoms with E-state index in [1.54, 1.807) is 28.9 Å². The molecule has 1 saturated heterocycles. The number of carbonyl (C=O) groups excluding carboxylic acids is 1. The number of hydrogen-bond donors (Lipinski definition) is 1. The lowest BCUT2D eigenvalue weighted by Gasteiger charge is -2.33. The molecule has 1 aliphatic rings. The van der Waals surface area contributed by atoms with E-state index in [1.807, 2.05) is 13.0 Å². The number of rotatable bonds is 3. The molecule has 24 heavy (non-hydrogen) atoms. The lowest BCUT2D eigenvalue weighted by molar-refractivity contribution is 0.160. The van der Waals surface area contributed by atoms with E-state index in [1.165, 1.54) is 12.4 Å². The van der Waals surface area contributed by atoms with Gasteiger partial charge in [0, 0.05) is 13.1 Å². The first-order valence-corrected chi connectivity index (χ1v) is 8.20. The monoisotopic (exact) mass is 331 g/mol. The molecule has 128 valence electrons. The fraction of sp³-hybridized carbons (Fsp3) is 0.471. The summed E-state index contributed by atoms with van der Waals surface area (Å²) in [6.07, 6.45) is 5.09. The van der Waals surface area contributed by atoms with Crippen LogP contribution in [0.4, 0.5) is 9.18 Å². The van der Waals surface area contributed by atoms with Crippen LogP contribution in [0.2, 0.25) is 0 Å². The van der Waals surface area contributed by atoms with Gasteiger partial charge < -0.3 is 10.2 Å². The Morgan fingerprint density at radius 3 is 3.00 bits per heavy atom. The predicted octanol–water partition coefficient (Wildman–Crippen LogP) is 2.83. The molecule has 6 nitrogen and oxygen atoms in total. The topological polar surface area (TPSA) is 63.1 Å². The average Bonchev–Trinajstić information content (AvgIpc) is 3.12. The number of urea groups is 1. The van der Waals surface area contributed by atoms with Crippen LogP contribution < -0.4 is 5.32 Å². The molecule has 7 heteroatoms. The second kappa shape index (κ2) is 6.98. The predicted molar refractivity (Wildman–Crippen MR) is 87.9 cm³/mol. The fourth-order valence-corrected chi connectivity index (χ4v) is 3.00. The van der Waals surface area contributed by atoms with Gasteiger partial charge in [-0.25, -0.2) is 18.9 Å². The zero-order valence-corrected chi connectivity index (χ0v) is 13.9.